The number of rotatable bonds is 2. The number of ether oxygens (including phenoxy) is 1. The van der Waals surface area contributed by atoms with Crippen LogP contribution in [0.4, 0.5) is 4.79 Å². The van der Waals surface area contributed by atoms with Gasteiger partial charge in [0.05, 0.1) is 0 Å². The fourth-order valence-corrected chi connectivity index (χ4v) is 2.24. The van der Waals surface area contributed by atoms with Gasteiger partial charge in [0.25, 0.3) is 0 Å². The Bertz CT molecular complexity index is 286. The Kier molecular flexibility index (Phi) is 5.02. The van der Waals surface area contributed by atoms with Crippen LogP contribution in [-0.2, 0) is 4.74 Å². The summed E-state index contributed by atoms with van der Waals surface area (Å²) in [6.07, 6.45) is 0.970. The van der Waals surface area contributed by atoms with Gasteiger partial charge in [-0.25, -0.2) is 4.79 Å². The second kappa shape index (κ2) is 5.91. The monoisotopic (exact) mass is 256 g/mol. The van der Waals surface area contributed by atoms with Crippen molar-refractivity contribution < 1.29 is 9.53 Å². The van der Waals surface area contributed by atoms with Gasteiger partial charge in [-0.3, -0.25) is 4.90 Å². The van der Waals surface area contributed by atoms with Crippen molar-refractivity contribution in [3.05, 3.63) is 0 Å². The molecule has 0 saturated carbocycles. The largest absolute Gasteiger partial charge is 0.444 e. The molecule has 4 nitrogen and oxygen atoms in total. The van der Waals surface area contributed by atoms with Crippen molar-refractivity contribution >= 4 is 6.09 Å². The zero-order chi connectivity index (χ0) is 13.9. The molecule has 18 heavy (non-hydrogen) atoms. The van der Waals surface area contributed by atoms with Gasteiger partial charge in [-0.15, -0.1) is 0 Å². The summed E-state index contributed by atoms with van der Waals surface area (Å²) in [4.78, 5) is 16.4. The fourth-order valence-electron chi connectivity index (χ4n) is 2.24. The van der Waals surface area contributed by atoms with Crippen LogP contribution < -0.4 is 0 Å². The van der Waals surface area contributed by atoms with Gasteiger partial charge in [-0.2, -0.15) is 0 Å². The minimum atomic E-state index is -0.412. The number of amides is 1. The van der Waals surface area contributed by atoms with Crippen LogP contribution in [0.2, 0.25) is 0 Å². The van der Waals surface area contributed by atoms with E-state index in [4.69, 9.17) is 4.74 Å². The molecular weight excluding hydrogens is 228 g/mol. The third-order valence-electron chi connectivity index (χ3n) is 3.50. The Labute approximate surface area is 111 Å². The summed E-state index contributed by atoms with van der Waals surface area (Å²) in [5.41, 5.74) is -0.412. The molecule has 0 bridgehead atoms. The Morgan fingerprint density at radius 1 is 1.39 bits per heavy atom. The number of piperazine rings is 1. The molecule has 0 aromatic heterocycles. The van der Waals surface area contributed by atoms with Crippen LogP contribution in [0.5, 0.6) is 0 Å². The van der Waals surface area contributed by atoms with Gasteiger partial charge in [0.2, 0.25) is 0 Å². The molecule has 0 aliphatic carbocycles. The van der Waals surface area contributed by atoms with Gasteiger partial charge >= 0.3 is 6.09 Å². The Hall–Kier alpha value is -0.770. The van der Waals surface area contributed by atoms with Crippen molar-refractivity contribution in [3.63, 3.8) is 0 Å². The van der Waals surface area contributed by atoms with Crippen molar-refractivity contribution in [2.45, 2.75) is 65.6 Å². The van der Waals surface area contributed by atoms with Crippen LogP contribution in [0.3, 0.4) is 0 Å². The van der Waals surface area contributed by atoms with E-state index in [-0.39, 0.29) is 12.1 Å². The minimum Gasteiger partial charge on any atom is -0.444 e. The van der Waals surface area contributed by atoms with E-state index in [0.29, 0.717) is 6.04 Å². The molecule has 0 N–H and O–H groups in total. The summed E-state index contributed by atoms with van der Waals surface area (Å²) in [5.74, 6) is 0. The van der Waals surface area contributed by atoms with Gasteiger partial charge < -0.3 is 9.64 Å². The lowest BCUT2D eigenvalue weighted by atomic mass is 10.1. The molecule has 0 spiro atoms. The van der Waals surface area contributed by atoms with E-state index in [0.717, 1.165) is 26.1 Å². The number of hydrogen-bond donors (Lipinski definition) is 0. The summed E-state index contributed by atoms with van der Waals surface area (Å²) in [6.45, 7) is 14.9. The molecule has 1 aliphatic rings. The SMILES string of the molecule is CCC(C)N1CCN(C(=O)OC(C)(C)C)[C@H](C)C1. The summed E-state index contributed by atoms with van der Waals surface area (Å²) in [6, 6.07) is 0.816. The first kappa shape index (κ1) is 15.3. The van der Waals surface area contributed by atoms with Crippen LogP contribution >= 0.6 is 0 Å². The van der Waals surface area contributed by atoms with Gasteiger partial charge in [0.1, 0.15) is 5.60 Å². The maximum Gasteiger partial charge on any atom is 0.410 e. The Morgan fingerprint density at radius 2 is 2.00 bits per heavy atom. The first-order valence-corrected chi connectivity index (χ1v) is 6.98. The lowest BCUT2D eigenvalue weighted by molar-refractivity contribution is -0.00352. The highest BCUT2D eigenvalue weighted by molar-refractivity contribution is 5.68. The molecule has 0 aromatic rings. The smallest absolute Gasteiger partial charge is 0.410 e. The van der Waals surface area contributed by atoms with Crippen LogP contribution in [0.25, 0.3) is 0 Å². The van der Waals surface area contributed by atoms with E-state index in [1.54, 1.807) is 0 Å². The van der Waals surface area contributed by atoms with Crippen molar-refractivity contribution in [2.24, 2.45) is 0 Å². The molecule has 1 aliphatic heterocycles. The van der Waals surface area contributed by atoms with Gasteiger partial charge in [-0.05, 0) is 41.0 Å². The van der Waals surface area contributed by atoms with E-state index >= 15 is 0 Å². The second-order valence-electron chi connectivity index (χ2n) is 6.27. The van der Waals surface area contributed by atoms with Crippen molar-refractivity contribution in [3.8, 4) is 0 Å². The number of carbonyl (C=O) groups excluding carboxylic acids is 1. The minimum absolute atomic E-state index is 0.182. The maximum atomic E-state index is 12.1. The van der Waals surface area contributed by atoms with E-state index < -0.39 is 5.60 Å². The van der Waals surface area contributed by atoms with E-state index in [1.807, 2.05) is 25.7 Å². The summed E-state index contributed by atoms with van der Waals surface area (Å²) < 4.78 is 5.44. The fraction of sp³-hybridized carbons (Fsp3) is 0.929. The molecule has 106 valence electrons. The highest BCUT2D eigenvalue weighted by Gasteiger charge is 2.31. The van der Waals surface area contributed by atoms with Gasteiger partial charge in [0.15, 0.2) is 0 Å². The lowest BCUT2D eigenvalue weighted by Gasteiger charge is -2.42. The second-order valence-corrected chi connectivity index (χ2v) is 6.27. The van der Waals surface area contributed by atoms with Crippen LogP contribution in [-0.4, -0.2) is 53.2 Å². The maximum absolute atomic E-state index is 12.1. The molecule has 0 aromatic carbocycles. The van der Waals surface area contributed by atoms with Gasteiger partial charge in [0, 0.05) is 31.7 Å². The first-order chi connectivity index (χ1) is 8.24. The molecule has 4 heteroatoms. The summed E-state index contributed by atoms with van der Waals surface area (Å²) in [5, 5.41) is 0. The zero-order valence-electron chi connectivity index (χ0n) is 12.7. The average molecular weight is 256 g/mol. The zero-order valence-corrected chi connectivity index (χ0v) is 12.7. The summed E-state index contributed by atoms with van der Waals surface area (Å²) in [7, 11) is 0. The lowest BCUT2D eigenvalue weighted by Crippen LogP contribution is -2.56. The molecular formula is C14H28N2O2. The van der Waals surface area contributed by atoms with Crippen molar-refractivity contribution in [1.29, 1.82) is 0 Å². The molecule has 1 amide bonds. The highest BCUT2D eigenvalue weighted by Crippen LogP contribution is 2.17. The van der Waals surface area contributed by atoms with Crippen LogP contribution in [0.15, 0.2) is 0 Å². The third-order valence-corrected chi connectivity index (χ3v) is 3.50. The molecule has 1 saturated heterocycles. The molecule has 0 radical (unpaired) electrons. The molecule has 2 atom stereocenters. The quantitative estimate of drug-likeness (QED) is 0.761. The summed E-state index contributed by atoms with van der Waals surface area (Å²) >= 11 is 0. The van der Waals surface area contributed by atoms with E-state index in [9.17, 15) is 4.79 Å². The Balaban J connectivity index is 2.54. The Morgan fingerprint density at radius 3 is 2.44 bits per heavy atom. The van der Waals surface area contributed by atoms with Crippen molar-refractivity contribution in [1.82, 2.24) is 9.80 Å². The van der Waals surface area contributed by atoms with E-state index in [1.165, 1.54) is 0 Å². The standard InChI is InChI=1S/C14H28N2O2/c1-7-11(2)15-8-9-16(12(3)10-15)13(17)18-14(4,5)6/h11-12H,7-10H2,1-6H3/t11?,12-/m1/s1. The molecule has 1 fully saturated rings. The molecule has 1 heterocycles. The van der Waals surface area contributed by atoms with Crippen molar-refractivity contribution in [2.75, 3.05) is 19.6 Å². The molecule has 1 unspecified atom stereocenters. The van der Waals surface area contributed by atoms with Crippen LogP contribution in [0, 0.1) is 0 Å². The number of carbonyl (C=O) groups is 1. The average Bonchev–Trinajstić information content (AvgIpc) is 2.25. The number of hydrogen-bond acceptors (Lipinski definition) is 3. The third kappa shape index (κ3) is 4.16. The molecule has 1 rings (SSSR count). The van der Waals surface area contributed by atoms with Gasteiger partial charge in [-0.1, -0.05) is 6.92 Å². The van der Waals surface area contributed by atoms with E-state index in [2.05, 4.69) is 25.7 Å². The topological polar surface area (TPSA) is 32.8 Å². The number of nitrogens with zero attached hydrogens (tertiary/aromatic N) is 2. The predicted octanol–water partition coefficient (Wildman–Crippen LogP) is 2.73. The first-order valence-electron chi connectivity index (χ1n) is 6.98. The normalized spacial score (nSPS) is 23.9. The highest BCUT2D eigenvalue weighted by atomic mass is 16.6. The predicted molar refractivity (Wildman–Crippen MR) is 73.7 cm³/mol. The van der Waals surface area contributed by atoms with Crippen LogP contribution in [0.1, 0.15) is 48.0 Å².